The molecule has 0 unspecified atom stereocenters. The van der Waals surface area contributed by atoms with Gasteiger partial charge in [-0.3, -0.25) is 14.4 Å². The number of benzene rings is 1. The van der Waals surface area contributed by atoms with Crippen molar-refractivity contribution in [1.82, 2.24) is 9.97 Å². The van der Waals surface area contributed by atoms with E-state index < -0.39 is 11.9 Å². The van der Waals surface area contributed by atoms with Crippen LogP contribution >= 0.6 is 11.3 Å². The van der Waals surface area contributed by atoms with Crippen LogP contribution in [0.15, 0.2) is 29.1 Å². The summed E-state index contributed by atoms with van der Waals surface area (Å²) in [6.45, 7) is 1.53. The fourth-order valence-electron chi connectivity index (χ4n) is 3.66. The maximum Gasteiger partial charge on any atom is 0.306 e. The summed E-state index contributed by atoms with van der Waals surface area (Å²) in [5.74, 6) is -0.440. The van der Waals surface area contributed by atoms with Gasteiger partial charge in [0.2, 0.25) is 0 Å². The summed E-state index contributed by atoms with van der Waals surface area (Å²) in [6.07, 6.45) is 4.47. The third kappa shape index (κ3) is 4.43. The number of hydrogen-bond donors (Lipinski definition) is 2. The lowest BCUT2D eigenvalue weighted by molar-refractivity contribution is -0.147. The molecule has 1 amide bonds. The van der Waals surface area contributed by atoms with Gasteiger partial charge in [-0.05, 0) is 49.8 Å². The fourth-order valence-corrected chi connectivity index (χ4v) is 4.95. The number of thiophene rings is 1. The van der Waals surface area contributed by atoms with Gasteiger partial charge in [0.1, 0.15) is 10.7 Å². The van der Waals surface area contributed by atoms with Crippen molar-refractivity contribution in [2.45, 2.75) is 45.4 Å². The molecule has 2 N–H and O–H groups in total. The smallest absolute Gasteiger partial charge is 0.306 e. The van der Waals surface area contributed by atoms with Crippen LogP contribution in [0, 0.1) is 6.92 Å². The summed E-state index contributed by atoms with van der Waals surface area (Å²) in [5, 5.41) is 3.42. The van der Waals surface area contributed by atoms with Crippen LogP contribution in [0.2, 0.25) is 0 Å². The van der Waals surface area contributed by atoms with Crippen LogP contribution in [0.1, 0.15) is 41.1 Å². The Morgan fingerprint density at radius 2 is 2.03 bits per heavy atom. The summed E-state index contributed by atoms with van der Waals surface area (Å²) >= 11 is 1.58. The Kier molecular flexibility index (Phi) is 5.94. The van der Waals surface area contributed by atoms with Crippen molar-refractivity contribution in [3.05, 3.63) is 56.4 Å². The Balaban J connectivity index is 1.32. The second kappa shape index (κ2) is 8.79. The molecule has 1 aromatic carbocycles. The van der Waals surface area contributed by atoms with E-state index in [-0.39, 0.29) is 25.0 Å². The SMILES string of the molecule is Cc1ccccc1NC(=O)COC(=O)CCc1nc2sc3c(c2c(=O)[nH]1)CCCC3. The minimum atomic E-state index is -0.511. The third-order valence-corrected chi connectivity index (χ3v) is 6.41. The van der Waals surface area contributed by atoms with Crippen molar-refractivity contribution in [3.63, 3.8) is 0 Å². The van der Waals surface area contributed by atoms with E-state index in [4.69, 9.17) is 4.74 Å². The van der Waals surface area contributed by atoms with Crippen LogP contribution in [0.5, 0.6) is 0 Å². The van der Waals surface area contributed by atoms with Crippen LogP contribution in [-0.4, -0.2) is 28.5 Å². The molecule has 30 heavy (non-hydrogen) atoms. The Bertz CT molecular complexity index is 1160. The maximum atomic E-state index is 12.5. The first-order valence-electron chi connectivity index (χ1n) is 10.1. The quantitative estimate of drug-likeness (QED) is 0.590. The molecule has 7 nitrogen and oxygen atoms in total. The van der Waals surface area contributed by atoms with Gasteiger partial charge < -0.3 is 15.0 Å². The standard InChI is InChI=1S/C22H23N3O4S/c1-13-6-2-4-8-15(13)23-18(26)12-29-19(27)11-10-17-24-21(28)20-14-7-3-5-9-16(14)30-22(20)25-17/h2,4,6,8H,3,5,7,9-12H2,1H3,(H,23,26)(H,24,25,28). The van der Waals surface area contributed by atoms with Gasteiger partial charge >= 0.3 is 5.97 Å². The molecule has 0 saturated heterocycles. The number of ether oxygens (including phenoxy) is 1. The Morgan fingerprint density at radius 1 is 1.23 bits per heavy atom. The molecule has 0 saturated carbocycles. The number of anilines is 1. The minimum absolute atomic E-state index is 0.0389. The molecular formula is C22H23N3O4S. The number of aromatic amines is 1. The van der Waals surface area contributed by atoms with E-state index in [0.717, 1.165) is 41.6 Å². The van der Waals surface area contributed by atoms with Crippen LogP contribution in [0.25, 0.3) is 10.2 Å². The molecule has 1 aliphatic rings. The predicted molar refractivity (Wildman–Crippen MR) is 116 cm³/mol. The molecule has 1 aliphatic carbocycles. The molecule has 0 radical (unpaired) electrons. The zero-order valence-electron chi connectivity index (χ0n) is 16.7. The number of aryl methyl sites for hydroxylation is 4. The number of carbonyl (C=O) groups excluding carboxylic acids is 2. The second-order valence-electron chi connectivity index (χ2n) is 7.43. The topological polar surface area (TPSA) is 101 Å². The molecule has 0 aliphatic heterocycles. The van der Waals surface area contributed by atoms with Gasteiger partial charge in [0.15, 0.2) is 6.61 Å². The number of H-pyrrole nitrogens is 1. The number of nitrogens with zero attached hydrogens (tertiary/aromatic N) is 1. The number of carbonyl (C=O) groups is 2. The molecule has 0 bridgehead atoms. The molecule has 8 heteroatoms. The van der Waals surface area contributed by atoms with Gasteiger partial charge in [0.25, 0.3) is 11.5 Å². The van der Waals surface area contributed by atoms with Crippen LogP contribution < -0.4 is 10.9 Å². The van der Waals surface area contributed by atoms with E-state index in [1.165, 1.54) is 4.88 Å². The lowest BCUT2D eigenvalue weighted by Gasteiger charge is -2.09. The first-order valence-corrected chi connectivity index (χ1v) is 10.9. The molecule has 4 rings (SSSR count). The van der Waals surface area contributed by atoms with Gasteiger partial charge in [-0.15, -0.1) is 11.3 Å². The Labute approximate surface area is 177 Å². The number of esters is 1. The van der Waals surface area contributed by atoms with E-state index in [9.17, 15) is 14.4 Å². The Morgan fingerprint density at radius 3 is 2.87 bits per heavy atom. The van der Waals surface area contributed by atoms with Gasteiger partial charge in [0, 0.05) is 17.0 Å². The monoisotopic (exact) mass is 425 g/mol. The van der Waals surface area contributed by atoms with Crippen LogP contribution in [-0.2, 0) is 33.6 Å². The molecule has 2 heterocycles. The highest BCUT2D eigenvalue weighted by molar-refractivity contribution is 7.18. The summed E-state index contributed by atoms with van der Waals surface area (Å²) in [4.78, 5) is 45.9. The molecule has 3 aromatic rings. The number of nitrogens with one attached hydrogen (secondary N) is 2. The first-order chi connectivity index (χ1) is 14.5. The van der Waals surface area contributed by atoms with Crippen molar-refractivity contribution in [3.8, 4) is 0 Å². The summed E-state index contributed by atoms with van der Waals surface area (Å²) in [5.41, 5.74) is 2.62. The van der Waals surface area contributed by atoms with E-state index in [0.29, 0.717) is 16.9 Å². The van der Waals surface area contributed by atoms with Gasteiger partial charge in [-0.2, -0.15) is 0 Å². The van der Waals surface area contributed by atoms with Gasteiger partial charge in [0.05, 0.1) is 11.8 Å². The maximum absolute atomic E-state index is 12.5. The van der Waals surface area contributed by atoms with Crippen LogP contribution in [0.4, 0.5) is 5.69 Å². The van der Waals surface area contributed by atoms with Crippen LogP contribution in [0.3, 0.4) is 0 Å². The average Bonchev–Trinajstić information content (AvgIpc) is 3.11. The van der Waals surface area contributed by atoms with E-state index in [1.807, 2.05) is 25.1 Å². The number of aromatic nitrogens is 2. The highest BCUT2D eigenvalue weighted by atomic mass is 32.1. The molecular weight excluding hydrogens is 402 g/mol. The molecule has 2 aromatic heterocycles. The zero-order valence-corrected chi connectivity index (χ0v) is 17.6. The second-order valence-corrected chi connectivity index (χ2v) is 8.51. The van der Waals surface area contributed by atoms with Crippen molar-refractivity contribution < 1.29 is 14.3 Å². The highest BCUT2D eigenvalue weighted by Gasteiger charge is 2.20. The van der Waals surface area contributed by atoms with Gasteiger partial charge in [-0.1, -0.05) is 18.2 Å². The van der Waals surface area contributed by atoms with E-state index in [2.05, 4.69) is 15.3 Å². The van der Waals surface area contributed by atoms with Crippen molar-refractivity contribution in [1.29, 1.82) is 0 Å². The molecule has 156 valence electrons. The minimum Gasteiger partial charge on any atom is -0.456 e. The van der Waals surface area contributed by atoms with Crippen molar-refractivity contribution >= 4 is 39.1 Å². The summed E-state index contributed by atoms with van der Waals surface area (Å²) < 4.78 is 5.05. The largest absolute Gasteiger partial charge is 0.456 e. The molecule has 0 fully saturated rings. The zero-order chi connectivity index (χ0) is 21.1. The highest BCUT2D eigenvalue weighted by Crippen LogP contribution is 2.33. The number of amides is 1. The van der Waals surface area contributed by atoms with Crippen molar-refractivity contribution in [2.24, 2.45) is 0 Å². The van der Waals surface area contributed by atoms with Crippen molar-refractivity contribution in [2.75, 3.05) is 11.9 Å². The number of para-hydroxylation sites is 1. The molecule has 0 spiro atoms. The van der Waals surface area contributed by atoms with E-state index >= 15 is 0 Å². The fraction of sp³-hybridized carbons (Fsp3) is 0.364. The average molecular weight is 426 g/mol. The first kappa shape index (κ1) is 20.3. The number of hydrogen-bond acceptors (Lipinski definition) is 6. The Hall–Kier alpha value is -3.00. The summed E-state index contributed by atoms with van der Waals surface area (Å²) in [6, 6.07) is 7.38. The number of rotatable bonds is 6. The predicted octanol–water partition coefficient (Wildman–Crippen LogP) is 3.29. The third-order valence-electron chi connectivity index (χ3n) is 5.22. The molecule has 0 atom stereocenters. The lowest BCUT2D eigenvalue weighted by atomic mass is 9.97. The normalized spacial score (nSPS) is 13.1. The van der Waals surface area contributed by atoms with E-state index in [1.54, 1.807) is 17.4 Å². The summed E-state index contributed by atoms with van der Waals surface area (Å²) in [7, 11) is 0. The lowest BCUT2D eigenvalue weighted by Crippen LogP contribution is -2.21. The number of fused-ring (bicyclic) bond motifs is 3. The van der Waals surface area contributed by atoms with Gasteiger partial charge in [-0.25, -0.2) is 4.98 Å².